The van der Waals surface area contributed by atoms with Crippen molar-refractivity contribution in [2.24, 2.45) is 0 Å². The lowest BCUT2D eigenvalue weighted by Gasteiger charge is -2.14. The summed E-state index contributed by atoms with van der Waals surface area (Å²) in [5, 5.41) is 0. The van der Waals surface area contributed by atoms with E-state index in [1.165, 1.54) is 12.1 Å². The molecular weight excluding hydrogens is 288 g/mol. The molecule has 0 amide bonds. The van der Waals surface area contributed by atoms with Crippen molar-refractivity contribution in [3.05, 3.63) is 23.8 Å². The van der Waals surface area contributed by atoms with Crippen molar-refractivity contribution in [3.63, 3.8) is 0 Å². The van der Waals surface area contributed by atoms with Gasteiger partial charge in [-0.3, -0.25) is 0 Å². The molecule has 0 aliphatic carbocycles. The van der Waals surface area contributed by atoms with Gasteiger partial charge in [-0.25, -0.2) is 8.42 Å². The lowest BCUT2D eigenvalue weighted by molar-refractivity contribution is 0.0263. The summed E-state index contributed by atoms with van der Waals surface area (Å²) in [7, 11) is 1.60. The van der Waals surface area contributed by atoms with Gasteiger partial charge in [-0.15, -0.1) is 0 Å². The SMILES string of the molecule is Cc1cc(S(=O)(=O)Cl)ccc1OCC1CCC(C)O1. The zero-order chi connectivity index (χ0) is 14.0. The maximum atomic E-state index is 11.2. The second-order valence-electron chi connectivity index (χ2n) is 4.82. The highest BCUT2D eigenvalue weighted by molar-refractivity contribution is 8.13. The molecule has 1 aliphatic heterocycles. The molecule has 106 valence electrons. The molecule has 19 heavy (non-hydrogen) atoms. The van der Waals surface area contributed by atoms with Crippen LogP contribution in [0.4, 0.5) is 0 Å². The molecule has 1 heterocycles. The lowest BCUT2D eigenvalue weighted by Crippen LogP contribution is -2.18. The minimum absolute atomic E-state index is 0.0877. The smallest absolute Gasteiger partial charge is 0.261 e. The first kappa shape index (κ1) is 14.6. The number of ether oxygens (including phenoxy) is 2. The number of aryl methyl sites for hydroxylation is 1. The molecule has 4 nitrogen and oxygen atoms in total. The molecule has 2 rings (SSSR count). The average Bonchev–Trinajstić information content (AvgIpc) is 2.72. The molecule has 1 aromatic rings. The van der Waals surface area contributed by atoms with Gasteiger partial charge in [-0.1, -0.05) is 0 Å². The zero-order valence-corrected chi connectivity index (χ0v) is 12.5. The van der Waals surface area contributed by atoms with Crippen LogP contribution in [0, 0.1) is 6.92 Å². The molecule has 0 bridgehead atoms. The molecule has 1 aromatic carbocycles. The maximum Gasteiger partial charge on any atom is 0.261 e. The molecule has 0 aromatic heterocycles. The van der Waals surface area contributed by atoms with Gasteiger partial charge in [0.05, 0.1) is 17.1 Å². The van der Waals surface area contributed by atoms with E-state index in [1.807, 2.05) is 6.92 Å². The number of rotatable bonds is 4. The Hall–Kier alpha value is -0.780. The highest BCUT2D eigenvalue weighted by atomic mass is 35.7. The van der Waals surface area contributed by atoms with E-state index < -0.39 is 9.05 Å². The van der Waals surface area contributed by atoms with Crippen molar-refractivity contribution in [2.45, 2.75) is 43.8 Å². The summed E-state index contributed by atoms with van der Waals surface area (Å²) in [6, 6.07) is 4.58. The Morgan fingerprint density at radius 3 is 2.68 bits per heavy atom. The normalized spacial score (nSPS) is 23.5. The van der Waals surface area contributed by atoms with E-state index in [4.69, 9.17) is 20.2 Å². The predicted molar refractivity (Wildman–Crippen MR) is 73.3 cm³/mol. The molecule has 6 heteroatoms. The largest absolute Gasteiger partial charge is 0.491 e. The first-order valence-electron chi connectivity index (χ1n) is 6.20. The Morgan fingerprint density at radius 2 is 2.16 bits per heavy atom. The molecule has 2 atom stereocenters. The van der Waals surface area contributed by atoms with Crippen molar-refractivity contribution < 1.29 is 17.9 Å². The van der Waals surface area contributed by atoms with E-state index in [-0.39, 0.29) is 11.0 Å². The summed E-state index contributed by atoms with van der Waals surface area (Å²) in [5.74, 6) is 0.659. The second kappa shape index (κ2) is 5.69. The van der Waals surface area contributed by atoms with Crippen molar-refractivity contribution in [3.8, 4) is 5.75 Å². The number of hydrogen-bond acceptors (Lipinski definition) is 4. The van der Waals surface area contributed by atoms with Gasteiger partial charge in [0.2, 0.25) is 0 Å². The third-order valence-electron chi connectivity index (χ3n) is 3.17. The summed E-state index contributed by atoms with van der Waals surface area (Å²) in [5.41, 5.74) is 0.743. The fourth-order valence-electron chi connectivity index (χ4n) is 2.13. The van der Waals surface area contributed by atoms with Crippen molar-refractivity contribution in [2.75, 3.05) is 6.61 Å². The van der Waals surface area contributed by atoms with Crippen LogP contribution >= 0.6 is 10.7 Å². The van der Waals surface area contributed by atoms with E-state index >= 15 is 0 Å². The van der Waals surface area contributed by atoms with Crippen LogP contribution < -0.4 is 4.74 Å². The van der Waals surface area contributed by atoms with Crippen LogP contribution in [0.5, 0.6) is 5.75 Å². The fourth-order valence-corrected chi connectivity index (χ4v) is 2.96. The Morgan fingerprint density at radius 1 is 1.42 bits per heavy atom. The molecule has 2 unspecified atom stereocenters. The summed E-state index contributed by atoms with van der Waals surface area (Å²) in [4.78, 5) is 0.0877. The molecule has 0 saturated carbocycles. The second-order valence-corrected chi connectivity index (χ2v) is 7.39. The maximum absolute atomic E-state index is 11.2. The molecule has 1 saturated heterocycles. The summed E-state index contributed by atoms with van der Waals surface area (Å²) in [6.07, 6.45) is 2.45. The topological polar surface area (TPSA) is 52.6 Å². The summed E-state index contributed by atoms with van der Waals surface area (Å²) < 4.78 is 33.7. The Balaban J connectivity index is 2.02. The molecule has 0 radical (unpaired) electrons. The third kappa shape index (κ3) is 3.84. The Kier molecular flexibility index (Phi) is 4.38. The fraction of sp³-hybridized carbons (Fsp3) is 0.538. The molecule has 1 aliphatic rings. The van der Waals surface area contributed by atoms with Gasteiger partial charge in [0, 0.05) is 10.7 Å². The van der Waals surface area contributed by atoms with Gasteiger partial charge in [-0.2, -0.15) is 0 Å². The molecule has 0 N–H and O–H groups in total. The standard InChI is InChI=1S/C13H17ClO4S/c1-9-7-12(19(14,15)16)5-6-13(9)17-8-11-4-3-10(2)18-11/h5-7,10-11H,3-4,8H2,1-2H3. The van der Waals surface area contributed by atoms with E-state index in [0.29, 0.717) is 18.5 Å². The van der Waals surface area contributed by atoms with Crippen LogP contribution in [0.15, 0.2) is 23.1 Å². The van der Waals surface area contributed by atoms with Crippen molar-refractivity contribution in [1.82, 2.24) is 0 Å². The highest BCUT2D eigenvalue weighted by Crippen LogP contribution is 2.25. The van der Waals surface area contributed by atoms with Gasteiger partial charge in [-0.05, 0) is 50.5 Å². The molecule has 1 fully saturated rings. The van der Waals surface area contributed by atoms with E-state index in [9.17, 15) is 8.42 Å². The lowest BCUT2D eigenvalue weighted by atomic mass is 10.2. The van der Waals surface area contributed by atoms with Gasteiger partial charge in [0.15, 0.2) is 0 Å². The average molecular weight is 305 g/mol. The minimum Gasteiger partial charge on any atom is -0.491 e. The predicted octanol–water partition coefficient (Wildman–Crippen LogP) is 2.87. The van der Waals surface area contributed by atoms with Crippen LogP contribution in [0.1, 0.15) is 25.3 Å². The van der Waals surface area contributed by atoms with Crippen LogP contribution in [0.2, 0.25) is 0 Å². The first-order valence-corrected chi connectivity index (χ1v) is 8.51. The molecular formula is C13H17ClO4S. The quantitative estimate of drug-likeness (QED) is 0.803. The van der Waals surface area contributed by atoms with Crippen LogP contribution in [0.25, 0.3) is 0 Å². The van der Waals surface area contributed by atoms with Crippen LogP contribution in [0.3, 0.4) is 0 Å². The highest BCUT2D eigenvalue weighted by Gasteiger charge is 2.22. The van der Waals surface area contributed by atoms with Gasteiger partial charge < -0.3 is 9.47 Å². The van der Waals surface area contributed by atoms with Crippen LogP contribution in [-0.2, 0) is 13.8 Å². The Bertz CT molecular complexity index is 556. The third-order valence-corrected chi connectivity index (χ3v) is 4.52. The van der Waals surface area contributed by atoms with Gasteiger partial charge in [0.1, 0.15) is 12.4 Å². The molecule has 0 spiro atoms. The van der Waals surface area contributed by atoms with Gasteiger partial charge >= 0.3 is 0 Å². The minimum atomic E-state index is -3.69. The first-order chi connectivity index (χ1) is 8.86. The number of benzene rings is 1. The van der Waals surface area contributed by atoms with Crippen LogP contribution in [-0.4, -0.2) is 27.2 Å². The Labute approximate surface area is 118 Å². The van der Waals surface area contributed by atoms with Gasteiger partial charge in [0.25, 0.3) is 9.05 Å². The number of hydrogen-bond donors (Lipinski definition) is 0. The number of halogens is 1. The zero-order valence-electron chi connectivity index (χ0n) is 10.9. The van der Waals surface area contributed by atoms with E-state index in [2.05, 4.69) is 0 Å². The van der Waals surface area contributed by atoms with Crippen molar-refractivity contribution in [1.29, 1.82) is 0 Å². The van der Waals surface area contributed by atoms with E-state index in [0.717, 1.165) is 18.4 Å². The monoisotopic (exact) mass is 304 g/mol. The summed E-state index contributed by atoms with van der Waals surface area (Å²) in [6.45, 7) is 4.32. The van der Waals surface area contributed by atoms with E-state index in [1.54, 1.807) is 13.0 Å². The summed E-state index contributed by atoms with van der Waals surface area (Å²) >= 11 is 0. The van der Waals surface area contributed by atoms with Crippen molar-refractivity contribution >= 4 is 19.7 Å².